The number of benzene rings is 1. The molecular formula is C13H17F2N. The lowest BCUT2D eigenvalue weighted by molar-refractivity contribution is 0.460. The van der Waals surface area contributed by atoms with Gasteiger partial charge in [-0.15, -0.1) is 0 Å². The predicted octanol–water partition coefficient (Wildman–Crippen LogP) is 3.42. The summed E-state index contributed by atoms with van der Waals surface area (Å²) in [6.45, 7) is 2.80. The van der Waals surface area contributed by atoms with Crippen LogP contribution < -0.4 is 5.32 Å². The second-order valence-electron chi connectivity index (χ2n) is 4.46. The molecule has 0 saturated heterocycles. The van der Waals surface area contributed by atoms with E-state index in [4.69, 9.17) is 0 Å². The van der Waals surface area contributed by atoms with Gasteiger partial charge in [-0.3, -0.25) is 0 Å². The summed E-state index contributed by atoms with van der Waals surface area (Å²) in [6.07, 6.45) is 3.44. The minimum absolute atomic E-state index is 0.0260. The highest BCUT2D eigenvalue weighted by Gasteiger charge is 2.27. The zero-order valence-electron chi connectivity index (χ0n) is 9.47. The van der Waals surface area contributed by atoms with Crippen molar-refractivity contribution in [2.45, 2.75) is 32.2 Å². The van der Waals surface area contributed by atoms with Crippen LogP contribution in [0.1, 0.15) is 37.8 Å². The first-order valence-corrected chi connectivity index (χ1v) is 5.89. The molecule has 1 atom stereocenters. The number of hydrogen-bond donors (Lipinski definition) is 1. The molecular weight excluding hydrogens is 208 g/mol. The van der Waals surface area contributed by atoms with Gasteiger partial charge < -0.3 is 5.32 Å². The van der Waals surface area contributed by atoms with Crippen LogP contribution in [0.25, 0.3) is 0 Å². The van der Waals surface area contributed by atoms with Gasteiger partial charge in [0, 0.05) is 17.7 Å². The van der Waals surface area contributed by atoms with Crippen LogP contribution in [0, 0.1) is 17.6 Å². The maximum absolute atomic E-state index is 13.6. The van der Waals surface area contributed by atoms with E-state index in [9.17, 15) is 8.78 Å². The lowest BCUT2D eigenvalue weighted by atomic mass is 10.0. The highest BCUT2D eigenvalue weighted by molar-refractivity contribution is 5.22. The molecule has 88 valence electrons. The molecule has 16 heavy (non-hydrogen) atoms. The van der Waals surface area contributed by atoms with Crippen LogP contribution in [0.2, 0.25) is 0 Å². The van der Waals surface area contributed by atoms with Gasteiger partial charge in [0.05, 0.1) is 0 Å². The lowest BCUT2D eigenvalue weighted by Gasteiger charge is -2.18. The summed E-state index contributed by atoms with van der Waals surface area (Å²) in [5.74, 6) is -0.233. The summed E-state index contributed by atoms with van der Waals surface area (Å²) in [5.41, 5.74) is 0.593. The molecule has 0 radical (unpaired) electrons. The number of halogens is 2. The van der Waals surface area contributed by atoms with E-state index in [-0.39, 0.29) is 6.04 Å². The summed E-state index contributed by atoms with van der Waals surface area (Å²) in [6, 6.07) is 3.88. The Kier molecular flexibility index (Phi) is 3.54. The molecule has 1 aliphatic carbocycles. The van der Waals surface area contributed by atoms with Crippen molar-refractivity contribution < 1.29 is 8.78 Å². The van der Waals surface area contributed by atoms with Gasteiger partial charge in [-0.05, 0) is 24.9 Å². The van der Waals surface area contributed by atoms with E-state index in [1.54, 1.807) is 6.07 Å². The number of rotatable bonds is 5. The van der Waals surface area contributed by atoms with E-state index in [1.165, 1.54) is 18.9 Å². The molecule has 0 heterocycles. The van der Waals surface area contributed by atoms with Crippen LogP contribution in [0.5, 0.6) is 0 Å². The molecule has 1 aromatic carbocycles. The SMILES string of the molecule is CCNC(CC1CC1)c1ccc(F)cc1F. The van der Waals surface area contributed by atoms with Gasteiger partial charge >= 0.3 is 0 Å². The first-order chi connectivity index (χ1) is 7.70. The van der Waals surface area contributed by atoms with Crippen molar-refractivity contribution in [3.63, 3.8) is 0 Å². The molecule has 0 amide bonds. The molecule has 1 aliphatic rings. The van der Waals surface area contributed by atoms with Crippen molar-refractivity contribution in [2.24, 2.45) is 5.92 Å². The van der Waals surface area contributed by atoms with Gasteiger partial charge in [-0.1, -0.05) is 25.8 Å². The minimum atomic E-state index is -0.511. The smallest absolute Gasteiger partial charge is 0.130 e. The highest BCUT2D eigenvalue weighted by Crippen LogP contribution is 2.38. The van der Waals surface area contributed by atoms with Gasteiger partial charge in [0.25, 0.3) is 0 Å². The standard InChI is InChI=1S/C13H17F2N/c1-2-16-13(7-9-3-4-9)11-6-5-10(14)8-12(11)15/h5-6,8-9,13,16H,2-4,7H2,1H3. The molecule has 0 aromatic heterocycles. The Labute approximate surface area is 94.9 Å². The molecule has 1 fully saturated rings. The Morgan fingerprint density at radius 1 is 1.38 bits per heavy atom. The first-order valence-electron chi connectivity index (χ1n) is 5.89. The zero-order chi connectivity index (χ0) is 11.5. The monoisotopic (exact) mass is 225 g/mol. The van der Waals surface area contributed by atoms with E-state index in [2.05, 4.69) is 5.32 Å². The van der Waals surface area contributed by atoms with E-state index >= 15 is 0 Å². The van der Waals surface area contributed by atoms with E-state index in [0.29, 0.717) is 11.5 Å². The second-order valence-corrected chi connectivity index (χ2v) is 4.46. The normalized spacial score (nSPS) is 17.4. The van der Waals surface area contributed by atoms with E-state index < -0.39 is 11.6 Å². The fraction of sp³-hybridized carbons (Fsp3) is 0.538. The van der Waals surface area contributed by atoms with Crippen molar-refractivity contribution in [1.29, 1.82) is 0 Å². The third-order valence-corrected chi connectivity index (χ3v) is 3.05. The summed E-state index contributed by atoms with van der Waals surface area (Å²) in [7, 11) is 0. The fourth-order valence-electron chi connectivity index (χ4n) is 2.04. The van der Waals surface area contributed by atoms with Crippen LogP contribution in [0.15, 0.2) is 18.2 Å². The molecule has 1 nitrogen and oxygen atoms in total. The van der Waals surface area contributed by atoms with Gasteiger partial charge in [0.2, 0.25) is 0 Å². The Morgan fingerprint density at radius 3 is 2.69 bits per heavy atom. The van der Waals surface area contributed by atoms with Crippen molar-refractivity contribution in [2.75, 3.05) is 6.54 Å². The lowest BCUT2D eigenvalue weighted by Crippen LogP contribution is -2.22. The van der Waals surface area contributed by atoms with Crippen LogP contribution in [-0.4, -0.2) is 6.54 Å². The molecule has 0 bridgehead atoms. The molecule has 1 N–H and O–H groups in total. The predicted molar refractivity (Wildman–Crippen MR) is 60.1 cm³/mol. The van der Waals surface area contributed by atoms with Crippen LogP contribution in [0.3, 0.4) is 0 Å². The largest absolute Gasteiger partial charge is 0.310 e. The summed E-state index contributed by atoms with van der Waals surface area (Å²) in [5, 5.41) is 3.27. The van der Waals surface area contributed by atoms with Gasteiger partial charge in [-0.2, -0.15) is 0 Å². The van der Waals surface area contributed by atoms with Crippen molar-refractivity contribution in [3.8, 4) is 0 Å². The highest BCUT2D eigenvalue weighted by atomic mass is 19.1. The summed E-state index contributed by atoms with van der Waals surface area (Å²) >= 11 is 0. The molecule has 2 rings (SSSR count). The van der Waals surface area contributed by atoms with E-state index in [0.717, 1.165) is 19.0 Å². The van der Waals surface area contributed by atoms with Gasteiger partial charge in [-0.25, -0.2) is 8.78 Å². The quantitative estimate of drug-likeness (QED) is 0.809. The molecule has 0 spiro atoms. The third kappa shape index (κ3) is 2.79. The Morgan fingerprint density at radius 2 is 2.12 bits per heavy atom. The van der Waals surface area contributed by atoms with Gasteiger partial charge in [0.1, 0.15) is 11.6 Å². The zero-order valence-corrected chi connectivity index (χ0v) is 9.47. The second kappa shape index (κ2) is 4.91. The van der Waals surface area contributed by atoms with E-state index in [1.807, 2.05) is 6.92 Å². The fourth-order valence-corrected chi connectivity index (χ4v) is 2.04. The van der Waals surface area contributed by atoms with Crippen molar-refractivity contribution >= 4 is 0 Å². The average Bonchev–Trinajstić information content (AvgIpc) is 3.01. The molecule has 3 heteroatoms. The molecule has 0 aliphatic heterocycles. The maximum Gasteiger partial charge on any atom is 0.130 e. The van der Waals surface area contributed by atoms with Crippen molar-refractivity contribution in [3.05, 3.63) is 35.4 Å². The van der Waals surface area contributed by atoms with Crippen LogP contribution in [-0.2, 0) is 0 Å². The Bertz CT molecular complexity index is 361. The molecule has 1 saturated carbocycles. The van der Waals surface area contributed by atoms with Crippen LogP contribution in [0.4, 0.5) is 8.78 Å². The maximum atomic E-state index is 13.6. The Balaban J connectivity index is 2.15. The summed E-state index contributed by atoms with van der Waals surface area (Å²) < 4.78 is 26.4. The van der Waals surface area contributed by atoms with Crippen molar-refractivity contribution in [1.82, 2.24) is 5.32 Å². The Hall–Kier alpha value is -0.960. The summed E-state index contributed by atoms with van der Waals surface area (Å²) in [4.78, 5) is 0. The minimum Gasteiger partial charge on any atom is -0.310 e. The number of nitrogens with one attached hydrogen (secondary N) is 1. The molecule has 1 aromatic rings. The topological polar surface area (TPSA) is 12.0 Å². The average molecular weight is 225 g/mol. The number of hydrogen-bond acceptors (Lipinski definition) is 1. The third-order valence-electron chi connectivity index (χ3n) is 3.05. The first kappa shape index (κ1) is 11.5. The molecule has 1 unspecified atom stereocenters. The van der Waals surface area contributed by atoms with Gasteiger partial charge in [0.15, 0.2) is 0 Å². The van der Waals surface area contributed by atoms with Crippen LogP contribution >= 0.6 is 0 Å².